The Hall–Kier alpha value is -1.65. The van der Waals surface area contributed by atoms with Crippen LogP contribution in [0, 0.1) is 11.3 Å². The van der Waals surface area contributed by atoms with E-state index in [1.54, 1.807) is 5.32 Å². The zero-order valence-electron chi connectivity index (χ0n) is 6.15. The van der Waals surface area contributed by atoms with Crippen LogP contribution in [0.25, 0.3) is 0 Å². The topological polar surface area (TPSA) is 136 Å². The first-order valence-electron chi connectivity index (χ1n) is 2.76. The Morgan fingerprint density at radius 2 is 1.92 bits per heavy atom. The van der Waals surface area contributed by atoms with Crippen molar-refractivity contribution in [1.82, 2.24) is 5.32 Å². The van der Waals surface area contributed by atoms with E-state index >= 15 is 0 Å². The zero-order chi connectivity index (χ0) is 9.98. The fourth-order valence-corrected chi connectivity index (χ4v) is 0.177. The number of carbonyl (C=O) groups is 2. The fourth-order valence-electron chi connectivity index (χ4n) is 0.177. The number of aliphatic hydroxyl groups is 2. The number of amides is 3. The van der Waals surface area contributed by atoms with Crippen molar-refractivity contribution >= 4 is 11.9 Å². The van der Waals surface area contributed by atoms with Crippen LogP contribution in [-0.4, -0.2) is 35.4 Å². The van der Waals surface area contributed by atoms with E-state index in [1.807, 2.05) is 0 Å². The van der Waals surface area contributed by atoms with E-state index in [-0.39, 0.29) is 6.61 Å². The van der Waals surface area contributed by atoms with Crippen LogP contribution in [0.1, 0.15) is 0 Å². The number of nitrogens with two attached hydrogens (primary N) is 1. The number of primary amides is 1. The molecule has 0 aromatic carbocycles. The molecule has 0 spiro atoms. The van der Waals surface area contributed by atoms with Gasteiger partial charge >= 0.3 is 6.03 Å². The minimum Gasteiger partial charge on any atom is -0.387 e. The molecule has 0 rings (SSSR count). The quantitative estimate of drug-likeness (QED) is 0.331. The van der Waals surface area contributed by atoms with Crippen molar-refractivity contribution < 1.29 is 19.8 Å². The summed E-state index contributed by atoms with van der Waals surface area (Å²) in [4.78, 5) is 19.7. The molecule has 0 aromatic rings. The van der Waals surface area contributed by atoms with Crippen LogP contribution in [0.2, 0.25) is 0 Å². The first-order valence-corrected chi connectivity index (χ1v) is 2.76. The van der Waals surface area contributed by atoms with E-state index in [0.29, 0.717) is 0 Å². The second-order valence-corrected chi connectivity index (χ2v) is 1.39. The molecular weight excluding hydrogens is 166 g/mol. The van der Waals surface area contributed by atoms with Gasteiger partial charge in [-0.1, -0.05) is 0 Å². The van der Waals surface area contributed by atoms with E-state index in [9.17, 15) is 9.59 Å². The number of imide groups is 1. The number of urea groups is 1. The highest BCUT2D eigenvalue weighted by atomic mass is 16.3. The lowest BCUT2D eigenvalue weighted by atomic mass is 10.6. The minimum absolute atomic E-state index is 0.375. The summed E-state index contributed by atoms with van der Waals surface area (Å²) < 4.78 is 0. The van der Waals surface area contributed by atoms with E-state index in [0.717, 1.165) is 0 Å². The van der Waals surface area contributed by atoms with Gasteiger partial charge in [-0.3, -0.25) is 10.1 Å². The van der Waals surface area contributed by atoms with Gasteiger partial charge in [0.25, 0.3) is 5.91 Å². The van der Waals surface area contributed by atoms with Gasteiger partial charge in [0.05, 0.1) is 6.07 Å². The van der Waals surface area contributed by atoms with Crippen molar-refractivity contribution in [3.8, 4) is 6.07 Å². The molecule has 0 heterocycles. The Morgan fingerprint density at radius 1 is 1.50 bits per heavy atom. The number of nitrogens with zero attached hydrogens (tertiary/aromatic N) is 1. The molecule has 7 heteroatoms. The van der Waals surface area contributed by atoms with Gasteiger partial charge in [0.1, 0.15) is 13.2 Å². The smallest absolute Gasteiger partial charge is 0.318 e. The Balaban J connectivity index is 0. The maximum atomic E-state index is 9.96. The first-order chi connectivity index (χ1) is 5.58. The average molecular weight is 175 g/mol. The number of aliphatic hydroxyl groups excluding tert-OH is 2. The molecule has 7 nitrogen and oxygen atoms in total. The van der Waals surface area contributed by atoms with Gasteiger partial charge in [-0.25, -0.2) is 4.79 Å². The third-order valence-corrected chi connectivity index (χ3v) is 0.477. The highest BCUT2D eigenvalue weighted by molar-refractivity contribution is 5.93. The third kappa shape index (κ3) is 15.8. The first kappa shape index (κ1) is 13.0. The second kappa shape index (κ2) is 9.35. The molecule has 0 unspecified atom stereocenters. The van der Waals surface area contributed by atoms with E-state index in [1.165, 1.54) is 6.07 Å². The molecule has 0 radical (unpaired) electrons. The van der Waals surface area contributed by atoms with Gasteiger partial charge in [0.15, 0.2) is 0 Å². The molecular formula is C5H9N3O4. The van der Waals surface area contributed by atoms with Crippen LogP contribution in [0.3, 0.4) is 0 Å². The molecule has 0 saturated carbocycles. The zero-order valence-corrected chi connectivity index (χ0v) is 6.15. The SMILES string of the molecule is N#CCO.NC(=O)NC(=O)CO. The van der Waals surface area contributed by atoms with Crippen LogP contribution < -0.4 is 11.1 Å². The molecule has 3 amide bonds. The van der Waals surface area contributed by atoms with Crippen LogP contribution in [-0.2, 0) is 4.79 Å². The lowest BCUT2D eigenvalue weighted by Gasteiger charge is -1.92. The van der Waals surface area contributed by atoms with Gasteiger partial charge in [0.2, 0.25) is 0 Å². The summed E-state index contributed by atoms with van der Waals surface area (Å²) in [7, 11) is 0. The molecule has 0 fully saturated rings. The van der Waals surface area contributed by atoms with Crippen LogP contribution in [0.5, 0.6) is 0 Å². The number of carbonyl (C=O) groups excluding carboxylic acids is 2. The number of hydrogen-bond donors (Lipinski definition) is 4. The highest BCUT2D eigenvalue weighted by Crippen LogP contribution is 1.58. The number of hydrogen-bond acceptors (Lipinski definition) is 5. The summed E-state index contributed by atoms with van der Waals surface area (Å²) in [6.45, 7) is -1.09. The minimum atomic E-state index is -0.955. The molecule has 0 atom stereocenters. The van der Waals surface area contributed by atoms with E-state index in [4.69, 9.17) is 15.5 Å². The number of nitriles is 1. The van der Waals surface area contributed by atoms with Gasteiger partial charge < -0.3 is 15.9 Å². The summed E-state index contributed by atoms with van der Waals surface area (Å²) in [6.07, 6.45) is 0. The van der Waals surface area contributed by atoms with Crippen molar-refractivity contribution in [1.29, 1.82) is 5.26 Å². The summed E-state index contributed by atoms with van der Waals surface area (Å²) in [5, 5.41) is 24.5. The molecule has 0 bridgehead atoms. The fraction of sp³-hybridized carbons (Fsp3) is 0.400. The molecule has 12 heavy (non-hydrogen) atoms. The second-order valence-electron chi connectivity index (χ2n) is 1.39. The predicted molar refractivity (Wildman–Crippen MR) is 37.5 cm³/mol. The summed E-state index contributed by atoms with van der Waals surface area (Å²) in [5.41, 5.74) is 4.49. The Morgan fingerprint density at radius 3 is 2.00 bits per heavy atom. The Bertz CT molecular complexity index is 186. The summed E-state index contributed by atoms with van der Waals surface area (Å²) in [6, 6.07) is 0.532. The van der Waals surface area contributed by atoms with Crippen molar-refractivity contribution in [2.45, 2.75) is 0 Å². The Labute approximate surface area is 68.4 Å². The maximum absolute atomic E-state index is 9.96. The van der Waals surface area contributed by atoms with Crippen molar-refractivity contribution in [3.05, 3.63) is 0 Å². The summed E-state index contributed by atoms with van der Waals surface area (Å²) >= 11 is 0. The van der Waals surface area contributed by atoms with Gasteiger partial charge in [-0.2, -0.15) is 5.26 Å². The average Bonchev–Trinajstić information content (AvgIpc) is 2.04. The highest BCUT2D eigenvalue weighted by Gasteiger charge is 1.98. The van der Waals surface area contributed by atoms with Gasteiger partial charge in [-0.15, -0.1) is 0 Å². The van der Waals surface area contributed by atoms with E-state index in [2.05, 4.69) is 5.73 Å². The van der Waals surface area contributed by atoms with Crippen LogP contribution >= 0.6 is 0 Å². The normalized spacial score (nSPS) is 7.08. The molecule has 0 aromatic heterocycles. The summed E-state index contributed by atoms with van der Waals surface area (Å²) in [5.74, 6) is -0.794. The Kier molecular flexibility index (Phi) is 10.1. The lowest BCUT2D eigenvalue weighted by Crippen LogP contribution is -2.36. The molecule has 5 N–H and O–H groups in total. The predicted octanol–water partition coefficient (Wildman–Crippen LogP) is -2.32. The molecule has 0 saturated heterocycles. The number of rotatable bonds is 1. The molecule has 0 aliphatic carbocycles. The van der Waals surface area contributed by atoms with Gasteiger partial charge in [0, 0.05) is 0 Å². The maximum Gasteiger partial charge on any atom is 0.318 e. The van der Waals surface area contributed by atoms with Crippen LogP contribution in [0.15, 0.2) is 0 Å². The third-order valence-electron chi connectivity index (χ3n) is 0.477. The van der Waals surface area contributed by atoms with Crippen molar-refractivity contribution in [2.75, 3.05) is 13.2 Å². The molecule has 0 aliphatic rings. The lowest BCUT2D eigenvalue weighted by molar-refractivity contribution is -0.122. The molecule has 0 aliphatic heterocycles. The molecule has 68 valence electrons. The van der Waals surface area contributed by atoms with Crippen molar-refractivity contribution in [2.24, 2.45) is 5.73 Å². The van der Waals surface area contributed by atoms with Crippen LogP contribution in [0.4, 0.5) is 4.79 Å². The number of nitrogens with one attached hydrogen (secondary N) is 1. The van der Waals surface area contributed by atoms with Crippen molar-refractivity contribution in [3.63, 3.8) is 0 Å². The van der Waals surface area contributed by atoms with Gasteiger partial charge in [-0.05, 0) is 0 Å². The monoisotopic (exact) mass is 175 g/mol. The standard InChI is InChI=1S/C3H6N2O3.C2H3NO/c4-3(8)5-2(7)1-6;3-1-2-4/h6H,1H2,(H3,4,5,7,8);4H,2H2. The van der Waals surface area contributed by atoms with E-state index < -0.39 is 18.5 Å². The largest absolute Gasteiger partial charge is 0.387 e.